The Bertz CT molecular complexity index is 1400. The number of nitrogens with one attached hydrogen (secondary N) is 1. The molecule has 1 unspecified atom stereocenters. The van der Waals surface area contributed by atoms with Crippen molar-refractivity contribution in [3.05, 3.63) is 54.6 Å². The standard InChI is InChI=1S/C25H33N3O.H5O10P3/c1-5-28(6-2)16-10-11-19(3)26-25-18-23(20-12-8-7-9-13-20)27-24-17-21(29-4)14-15-22(24)25;1-11(2,3)9-13(7,8)10-12(4,5)6/h7-9,12-15,17-19H,5-6,10-11,16H2,1-4H3,(H,26,27);(H,7,8)(H2,1,2,3)(H2,4,5,6). The highest BCUT2D eigenvalue weighted by Gasteiger charge is 2.38. The van der Waals surface area contributed by atoms with Gasteiger partial charge < -0.3 is 39.4 Å². The number of benzene rings is 2. The third-order valence-corrected chi connectivity index (χ3v) is 9.27. The molecule has 42 heavy (non-hydrogen) atoms. The second kappa shape index (κ2) is 16.0. The average molecular weight is 650 g/mol. The van der Waals surface area contributed by atoms with E-state index in [9.17, 15) is 13.7 Å². The number of fused-ring (bicyclic) bond motifs is 1. The molecule has 6 N–H and O–H groups in total. The van der Waals surface area contributed by atoms with E-state index in [0.717, 1.165) is 59.7 Å². The molecule has 234 valence electrons. The molecule has 1 aromatic heterocycles. The van der Waals surface area contributed by atoms with Gasteiger partial charge in [-0.2, -0.15) is 8.62 Å². The molecular weight excluding hydrogens is 611 g/mol. The Morgan fingerprint density at radius 2 is 1.50 bits per heavy atom. The topological polar surface area (TPSA) is 208 Å². The monoisotopic (exact) mass is 649 g/mol. The van der Waals surface area contributed by atoms with Crippen LogP contribution in [0.2, 0.25) is 0 Å². The molecule has 17 heteroatoms. The number of anilines is 1. The molecule has 2 aromatic carbocycles. The van der Waals surface area contributed by atoms with Crippen molar-refractivity contribution in [2.45, 2.75) is 39.7 Å². The van der Waals surface area contributed by atoms with E-state index in [4.69, 9.17) is 34.2 Å². The highest BCUT2D eigenvalue weighted by molar-refractivity contribution is 7.66. The summed E-state index contributed by atoms with van der Waals surface area (Å²) in [6, 6.07) is 19.0. The zero-order chi connectivity index (χ0) is 31.6. The Morgan fingerprint density at radius 3 is 2.02 bits per heavy atom. The van der Waals surface area contributed by atoms with Gasteiger partial charge in [-0.05, 0) is 57.6 Å². The van der Waals surface area contributed by atoms with Crippen molar-refractivity contribution in [1.29, 1.82) is 0 Å². The van der Waals surface area contributed by atoms with Crippen molar-refractivity contribution in [1.82, 2.24) is 9.88 Å². The Hall–Kier alpha value is -2.18. The van der Waals surface area contributed by atoms with E-state index in [2.05, 4.69) is 76.0 Å². The maximum atomic E-state index is 10.4. The molecule has 0 aliphatic rings. The SMILES string of the molecule is CCN(CC)CCCC(C)Nc1cc(-c2ccccc2)nc2cc(OC)ccc12.O=P(O)(O)OP(=O)(O)OP(=O)(O)O. The van der Waals surface area contributed by atoms with Crippen LogP contribution in [0, 0.1) is 0 Å². The number of hydrogen-bond acceptors (Lipinski definition) is 9. The van der Waals surface area contributed by atoms with Gasteiger partial charge in [0.05, 0.1) is 18.3 Å². The molecule has 0 aliphatic heterocycles. The third kappa shape index (κ3) is 13.0. The lowest BCUT2D eigenvalue weighted by Gasteiger charge is -2.21. The maximum absolute atomic E-state index is 10.4. The summed E-state index contributed by atoms with van der Waals surface area (Å²) in [6.45, 7) is 10.1. The largest absolute Gasteiger partial charge is 0.497 e. The van der Waals surface area contributed by atoms with Crippen molar-refractivity contribution in [2.75, 3.05) is 32.1 Å². The highest BCUT2D eigenvalue weighted by atomic mass is 31.3. The van der Waals surface area contributed by atoms with Crippen molar-refractivity contribution >= 4 is 40.1 Å². The zero-order valence-electron chi connectivity index (χ0n) is 23.7. The van der Waals surface area contributed by atoms with Gasteiger partial charge in [-0.1, -0.05) is 44.2 Å². The fourth-order valence-electron chi connectivity index (χ4n) is 3.99. The maximum Gasteiger partial charge on any atom is 0.490 e. The van der Waals surface area contributed by atoms with Gasteiger partial charge in [0.1, 0.15) is 5.75 Å². The molecule has 3 rings (SSSR count). The summed E-state index contributed by atoms with van der Waals surface area (Å²) in [5, 5.41) is 4.87. The highest BCUT2D eigenvalue weighted by Crippen LogP contribution is 2.64. The number of ether oxygens (including phenoxy) is 1. The Labute approximate surface area is 244 Å². The molecule has 14 nitrogen and oxygen atoms in total. The van der Waals surface area contributed by atoms with Crippen LogP contribution in [0.15, 0.2) is 54.6 Å². The first-order chi connectivity index (χ1) is 19.6. The first kappa shape index (κ1) is 36.0. The molecule has 1 heterocycles. The van der Waals surface area contributed by atoms with Crippen LogP contribution in [0.1, 0.15) is 33.6 Å². The molecule has 0 amide bonds. The summed E-state index contributed by atoms with van der Waals surface area (Å²) in [6.07, 6.45) is 2.33. The van der Waals surface area contributed by atoms with Gasteiger partial charge in [0.15, 0.2) is 0 Å². The fraction of sp³-hybridized carbons (Fsp3) is 0.400. The molecule has 0 aliphatic carbocycles. The predicted molar refractivity (Wildman–Crippen MR) is 160 cm³/mol. The van der Waals surface area contributed by atoms with Gasteiger partial charge in [-0.25, -0.2) is 18.7 Å². The minimum Gasteiger partial charge on any atom is -0.497 e. The predicted octanol–water partition coefficient (Wildman–Crippen LogP) is 5.14. The number of hydrogen-bond donors (Lipinski definition) is 6. The summed E-state index contributed by atoms with van der Waals surface area (Å²) < 4.78 is 41.8. The van der Waals surface area contributed by atoms with Crippen LogP contribution in [0.3, 0.4) is 0 Å². The smallest absolute Gasteiger partial charge is 0.490 e. The first-order valence-corrected chi connectivity index (χ1v) is 17.5. The number of aromatic nitrogens is 1. The molecular formula is C25H38N3O11P3. The average Bonchev–Trinajstić information content (AvgIpc) is 2.88. The minimum absolute atomic E-state index is 0.391. The number of rotatable bonds is 14. The second-order valence-corrected chi connectivity index (χ2v) is 13.3. The Kier molecular flexibility index (Phi) is 13.8. The molecule has 0 saturated heterocycles. The molecule has 1 atom stereocenters. The molecule has 0 radical (unpaired) electrons. The normalized spacial score (nSPS) is 13.0. The van der Waals surface area contributed by atoms with Crippen LogP contribution in [0.5, 0.6) is 5.75 Å². The van der Waals surface area contributed by atoms with Crippen LogP contribution in [-0.2, 0) is 22.3 Å². The van der Waals surface area contributed by atoms with Crippen LogP contribution in [0.25, 0.3) is 22.2 Å². The lowest BCUT2D eigenvalue weighted by atomic mass is 10.1. The van der Waals surface area contributed by atoms with Crippen molar-refractivity contribution in [2.24, 2.45) is 0 Å². The van der Waals surface area contributed by atoms with Gasteiger partial charge in [-0.15, -0.1) is 0 Å². The van der Waals surface area contributed by atoms with E-state index in [0.29, 0.717) is 6.04 Å². The van der Waals surface area contributed by atoms with Crippen LogP contribution in [-0.4, -0.2) is 67.1 Å². The lowest BCUT2D eigenvalue weighted by molar-refractivity contribution is 0.204. The zero-order valence-corrected chi connectivity index (χ0v) is 26.4. The van der Waals surface area contributed by atoms with Crippen LogP contribution < -0.4 is 10.1 Å². The lowest BCUT2D eigenvalue weighted by Crippen LogP contribution is -2.25. The molecule has 3 aromatic rings. The molecule has 0 fully saturated rings. The van der Waals surface area contributed by atoms with E-state index in [1.165, 1.54) is 6.42 Å². The van der Waals surface area contributed by atoms with Gasteiger partial charge >= 0.3 is 23.5 Å². The summed E-state index contributed by atoms with van der Waals surface area (Å²) >= 11 is 0. The van der Waals surface area contributed by atoms with Gasteiger partial charge in [0, 0.05) is 28.7 Å². The van der Waals surface area contributed by atoms with E-state index in [1.54, 1.807) is 7.11 Å². The summed E-state index contributed by atoms with van der Waals surface area (Å²) in [5.41, 5.74) is 4.18. The van der Waals surface area contributed by atoms with Gasteiger partial charge in [0.25, 0.3) is 0 Å². The van der Waals surface area contributed by atoms with Crippen molar-refractivity contribution < 1.29 is 51.5 Å². The first-order valence-electron chi connectivity index (χ1n) is 13.0. The van der Waals surface area contributed by atoms with Crippen molar-refractivity contribution in [3.63, 3.8) is 0 Å². The molecule has 0 saturated carbocycles. The number of nitrogens with zero attached hydrogens (tertiary/aromatic N) is 2. The number of phosphoric acid groups is 3. The number of pyridine rings is 1. The molecule has 0 spiro atoms. The summed E-state index contributed by atoms with van der Waals surface area (Å²) in [5.74, 6) is 0.827. The molecule has 0 bridgehead atoms. The van der Waals surface area contributed by atoms with E-state index < -0.39 is 23.5 Å². The summed E-state index contributed by atoms with van der Waals surface area (Å²) in [4.78, 5) is 47.6. The van der Waals surface area contributed by atoms with Crippen LogP contribution >= 0.6 is 23.5 Å². The fourth-order valence-corrected chi connectivity index (χ4v) is 6.53. The van der Waals surface area contributed by atoms with Crippen LogP contribution in [0.4, 0.5) is 5.69 Å². The van der Waals surface area contributed by atoms with Gasteiger partial charge in [-0.3, -0.25) is 0 Å². The minimum atomic E-state index is -5.46. The van der Waals surface area contributed by atoms with E-state index in [-0.39, 0.29) is 0 Å². The second-order valence-electron chi connectivity index (χ2n) is 9.13. The quantitative estimate of drug-likeness (QED) is 0.125. The Morgan fingerprint density at radius 1 is 0.905 bits per heavy atom. The third-order valence-electron chi connectivity index (χ3n) is 5.91. The van der Waals surface area contributed by atoms with E-state index >= 15 is 0 Å². The van der Waals surface area contributed by atoms with E-state index in [1.807, 2.05) is 18.2 Å². The Balaban J connectivity index is 0.000000401. The van der Waals surface area contributed by atoms with Gasteiger partial charge in [0.2, 0.25) is 0 Å². The number of methoxy groups -OCH3 is 1. The summed E-state index contributed by atoms with van der Waals surface area (Å²) in [7, 11) is -14.5. The van der Waals surface area contributed by atoms with Crippen molar-refractivity contribution in [3.8, 4) is 17.0 Å².